The topological polar surface area (TPSA) is 41.6 Å². The first-order valence-corrected chi connectivity index (χ1v) is 5.32. The number of hydrogen-bond donors (Lipinski definition) is 1. The number of likely N-dealkylation sites (tertiary alicyclic amines) is 1. The minimum atomic E-state index is 0.321. The number of rotatable bonds is 7. The standard InChI is InChI=1S/C10H20N2O2/c1-14-9-6-11-5-3-8-12-7-2-4-10(12)13/h11H,2-9H2,1H3. The molecule has 4 heteroatoms. The Balaban J connectivity index is 1.90. The van der Waals surface area contributed by atoms with Crippen LogP contribution in [0.5, 0.6) is 0 Å². The van der Waals surface area contributed by atoms with Crippen LogP contribution in [0.15, 0.2) is 0 Å². The lowest BCUT2D eigenvalue weighted by atomic mass is 10.4. The summed E-state index contributed by atoms with van der Waals surface area (Å²) in [6, 6.07) is 0. The minimum Gasteiger partial charge on any atom is -0.383 e. The second kappa shape index (κ2) is 6.79. The van der Waals surface area contributed by atoms with Crippen molar-refractivity contribution in [2.75, 3.05) is 39.9 Å². The normalized spacial score (nSPS) is 16.6. The van der Waals surface area contributed by atoms with E-state index in [4.69, 9.17) is 4.74 Å². The number of methoxy groups -OCH3 is 1. The molecule has 0 saturated carbocycles. The van der Waals surface area contributed by atoms with Gasteiger partial charge in [0.2, 0.25) is 5.91 Å². The van der Waals surface area contributed by atoms with Gasteiger partial charge in [-0.25, -0.2) is 0 Å². The summed E-state index contributed by atoms with van der Waals surface area (Å²) in [6.07, 6.45) is 2.82. The summed E-state index contributed by atoms with van der Waals surface area (Å²) in [7, 11) is 1.70. The quantitative estimate of drug-likeness (QED) is 0.598. The van der Waals surface area contributed by atoms with E-state index in [0.29, 0.717) is 5.91 Å². The average molecular weight is 200 g/mol. The number of ether oxygens (including phenoxy) is 1. The van der Waals surface area contributed by atoms with Crippen LogP contribution in [0.25, 0.3) is 0 Å². The third kappa shape index (κ3) is 4.07. The summed E-state index contributed by atoms with van der Waals surface area (Å²) < 4.78 is 4.91. The predicted molar refractivity (Wildman–Crippen MR) is 55.2 cm³/mol. The van der Waals surface area contributed by atoms with Crippen molar-refractivity contribution in [3.05, 3.63) is 0 Å². The van der Waals surface area contributed by atoms with Crippen molar-refractivity contribution < 1.29 is 9.53 Å². The Kier molecular flexibility index (Phi) is 5.56. The lowest BCUT2D eigenvalue weighted by Gasteiger charge is -2.15. The van der Waals surface area contributed by atoms with E-state index in [1.54, 1.807) is 7.11 Å². The zero-order valence-corrected chi connectivity index (χ0v) is 8.92. The van der Waals surface area contributed by atoms with Gasteiger partial charge in [0.05, 0.1) is 6.61 Å². The van der Waals surface area contributed by atoms with Crippen LogP contribution in [0.2, 0.25) is 0 Å². The van der Waals surface area contributed by atoms with E-state index >= 15 is 0 Å². The van der Waals surface area contributed by atoms with Crippen LogP contribution in [-0.4, -0.2) is 50.7 Å². The van der Waals surface area contributed by atoms with E-state index in [-0.39, 0.29) is 0 Å². The molecule has 0 aromatic carbocycles. The molecule has 0 bridgehead atoms. The van der Waals surface area contributed by atoms with Crippen molar-refractivity contribution in [1.29, 1.82) is 0 Å². The largest absolute Gasteiger partial charge is 0.383 e. The van der Waals surface area contributed by atoms with Crippen LogP contribution in [0.3, 0.4) is 0 Å². The summed E-state index contributed by atoms with van der Waals surface area (Å²) in [6.45, 7) is 4.47. The fourth-order valence-electron chi connectivity index (χ4n) is 1.63. The first-order chi connectivity index (χ1) is 6.84. The Bertz CT molecular complexity index is 174. The van der Waals surface area contributed by atoms with Gasteiger partial charge in [-0.2, -0.15) is 0 Å². The second-order valence-corrected chi connectivity index (χ2v) is 3.58. The third-order valence-electron chi connectivity index (χ3n) is 2.44. The Morgan fingerprint density at radius 2 is 2.36 bits per heavy atom. The zero-order valence-electron chi connectivity index (χ0n) is 8.92. The van der Waals surface area contributed by atoms with Gasteiger partial charge < -0.3 is 15.0 Å². The predicted octanol–water partition coefficient (Wildman–Crippen LogP) is 0.235. The van der Waals surface area contributed by atoms with Gasteiger partial charge in [0, 0.05) is 33.2 Å². The smallest absolute Gasteiger partial charge is 0.222 e. The van der Waals surface area contributed by atoms with E-state index in [0.717, 1.165) is 52.0 Å². The summed E-state index contributed by atoms with van der Waals surface area (Å²) in [5.41, 5.74) is 0. The monoisotopic (exact) mass is 200 g/mol. The number of nitrogens with one attached hydrogen (secondary N) is 1. The highest BCUT2D eigenvalue weighted by molar-refractivity contribution is 5.77. The Hall–Kier alpha value is -0.610. The molecule has 1 rings (SSSR count). The molecule has 0 aromatic heterocycles. The Morgan fingerprint density at radius 3 is 3.00 bits per heavy atom. The van der Waals surface area contributed by atoms with Crippen molar-refractivity contribution in [3.63, 3.8) is 0 Å². The molecular formula is C10H20N2O2. The van der Waals surface area contributed by atoms with Gasteiger partial charge in [-0.1, -0.05) is 0 Å². The fraction of sp³-hybridized carbons (Fsp3) is 0.900. The maximum atomic E-state index is 11.2. The van der Waals surface area contributed by atoms with Gasteiger partial charge in [-0.05, 0) is 19.4 Å². The molecule has 1 heterocycles. The van der Waals surface area contributed by atoms with Crippen molar-refractivity contribution in [2.45, 2.75) is 19.3 Å². The van der Waals surface area contributed by atoms with Crippen molar-refractivity contribution in [3.8, 4) is 0 Å². The number of amides is 1. The highest BCUT2D eigenvalue weighted by atomic mass is 16.5. The summed E-state index contributed by atoms with van der Waals surface area (Å²) >= 11 is 0. The second-order valence-electron chi connectivity index (χ2n) is 3.58. The molecule has 0 radical (unpaired) electrons. The lowest BCUT2D eigenvalue weighted by molar-refractivity contribution is -0.127. The number of carbonyl (C=O) groups is 1. The molecule has 0 spiro atoms. The van der Waals surface area contributed by atoms with E-state index in [1.165, 1.54) is 0 Å². The van der Waals surface area contributed by atoms with Crippen LogP contribution in [0.1, 0.15) is 19.3 Å². The molecule has 4 nitrogen and oxygen atoms in total. The van der Waals surface area contributed by atoms with E-state index in [1.807, 2.05) is 4.90 Å². The molecule has 1 aliphatic rings. The Morgan fingerprint density at radius 1 is 1.50 bits per heavy atom. The molecule has 1 fully saturated rings. The first-order valence-electron chi connectivity index (χ1n) is 5.32. The van der Waals surface area contributed by atoms with Crippen LogP contribution in [-0.2, 0) is 9.53 Å². The number of hydrogen-bond acceptors (Lipinski definition) is 3. The highest BCUT2D eigenvalue weighted by Crippen LogP contribution is 2.09. The fourth-order valence-corrected chi connectivity index (χ4v) is 1.63. The number of carbonyl (C=O) groups excluding carboxylic acids is 1. The Labute approximate surface area is 85.6 Å². The molecule has 0 aromatic rings. The maximum absolute atomic E-state index is 11.2. The van der Waals surface area contributed by atoms with Gasteiger partial charge in [0.15, 0.2) is 0 Å². The van der Waals surface area contributed by atoms with Gasteiger partial charge in [0.1, 0.15) is 0 Å². The molecule has 0 atom stereocenters. The zero-order chi connectivity index (χ0) is 10.2. The van der Waals surface area contributed by atoms with Crippen LogP contribution >= 0.6 is 0 Å². The van der Waals surface area contributed by atoms with Gasteiger partial charge in [0.25, 0.3) is 0 Å². The first kappa shape index (κ1) is 11.5. The average Bonchev–Trinajstić information content (AvgIpc) is 2.58. The van der Waals surface area contributed by atoms with Crippen molar-refractivity contribution >= 4 is 5.91 Å². The third-order valence-corrected chi connectivity index (χ3v) is 2.44. The molecule has 1 N–H and O–H groups in total. The van der Waals surface area contributed by atoms with E-state index in [2.05, 4.69) is 5.32 Å². The van der Waals surface area contributed by atoms with E-state index in [9.17, 15) is 4.79 Å². The van der Waals surface area contributed by atoms with Gasteiger partial charge in [-0.3, -0.25) is 4.79 Å². The van der Waals surface area contributed by atoms with Crippen LogP contribution in [0, 0.1) is 0 Å². The molecule has 0 aliphatic carbocycles. The summed E-state index contributed by atoms with van der Waals surface area (Å²) in [5.74, 6) is 0.321. The minimum absolute atomic E-state index is 0.321. The molecule has 14 heavy (non-hydrogen) atoms. The SMILES string of the molecule is COCCNCCCN1CCCC1=O. The van der Waals surface area contributed by atoms with Gasteiger partial charge >= 0.3 is 0 Å². The van der Waals surface area contributed by atoms with Crippen molar-refractivity contribution in [1.82, 2.24) is 10.2 Å². The van der Waals surface area contributed by atoms with Crippen LogP contribution in [0.4, 0.5) is 0 Å². The highest BCUT2D eigenvalue weighted by Gasteiger charge is 2.18. The summed E-state index contributed by atoms with van der Waals surface area (Å²) in [4.78, 5) is 13.2. The summed E-state index contributed by atoms with van der Waals surface area (Å²) in [5, 5.41) is 3.26. The van der Waals surface area contributed by atoms with Crippen LogP contribution < -0.4 is 5.32 Å². The molecular weight excluding hydrogens is 180 g/mol. The lowest BCUT2D eigenvalue weighted by Crippen LogP contribution is -2.29. The molecule has 1 amide bonds. The van der Waals surface area contributed by atoms with Gasteiger partial charge in [-0.15, -0.1) is 0 Å². The maximum Gasteiger partial charge on any atom is 0.222 e. The molecule has 1 saturated heterocycles. The molecule has 1 aliphatic heterocycles. The molecule has 0 unspecified atom stereocenters. The number of nitrogens with zero attached hydrogens (tertiary/aromatic N) is 1. The van der Waals surface area contributed by atoms with Crippen molar-refractivity contribution in [2.24, 2.45) is 0 Å². The molecule has 82 valence electrons. The van der Waals surface area contributed by atoms with E-state index < -0.39 is 0 Å².